The minimum absolute atomic E-state index is 0.799. The van der Waals surface area contributed by atoms with Gasteiger partial charge in [0.1, 0.15) is 11.5 Å². The molecule has 4 nitrogen and oxygen atoms in total. The first-order valence-corrected chi connectivity index (χ1v) is 6.42. The average Bonchev–Trinajstić information content (AvgIpc) is 2.81. The van der Waals surface area contributed by atoms with Gasteiger partial charge in [0.25, 0.3) is 0 Å². The summed E-state index contributed by atoms with van der Waals surface area (Å²) < 4.78 is 8.14. The third-order valence-electron chi connectivity index (χ3n) is 3.08. The number of nitrogens with zero attached hydrogens (tertiary/aromatic N) is 3. The number of halogens is 1. The second-order valence-corrected chi connectivity index (χ2v) is 5.25. The molecular weight excluding hydrogens is 294 g/mol. The number of aromatic nitrogens is 3. The minimum atomic E-state index is 0.799. The highest BCUT2D eigenvalue weighted by molar-refractivity contribution is 9.10. The van der Waals surface area contributed by atoms with E-state index in [2.05, 4.69) is 32.3 Å². The van der Waals surface area contributed by atoms with E-state index < -0.39 is 0 Å². The van der Waals surface area contributed by atoms with E-state index in [-0.39, 0.29) is 0 Å². The second-order valence-electron chi connectivity index (χ2n) is 4.33. The molecule has 92 valence electrons. The fraction of sp³-hybridized carbons (Fsp3) is 0.231. The molecule has 0 unspecified atom stereocenters. The molecule has 5 heteroatoms. The predicted molar refractivity (Wildman–Crippen MR) is 73.4 cm³/mol. The summed E-state index contributed by atoms with van der Waals surface area (Å²) in [5.74, 6) is 0.799. The average molecular weight is 306 g/mol. The van der Waals surface area contributed by atoms with Crippen molar-refractivity contribution < 1.29 is 4.52 Å². The van der Waals surface area contributed by atoms with Gasteiger partial charge in [-0.15, -0.1) is 0 Å². The lowest BCUT2D eigenvalue weighted by atomic mass is 10.1. The van der Waals surface area contributed by atoms with Gasteiger partial charge < -0.3 is 4.52 Å². The summed E-state index contributed by atoms with van der Waals surface area (Å²) in [6, 6.07) is 6.14. The summed E-state index contributed by atoms with van der Waals surface area (Å²) in [7, 11) is 1.94. The monoisotopic (exact) mass is 305 g/mol. The van der Waals surface area contributed by atoms with E-state index in [4.69, 9.17) is 4.52 Å². The van der Waals surface area contributed by atoms with Crippen LogP contribution in [0.2, 0.25) is 0 Å². The van der Waals surface area contributed by atoms with Crippen molar-refractivity contribution in [3.05, 3.63) is 34.1 Å². The van der Waals surface area contributed by atoms with Gasteiger partial charge >= 0.3 is 0 Å². The Morgan fingerprint density at radius 3 is 2.72 bits per heavy atom. The van der Waals surface area contributed by atoms with Crippen LogP contribution in [-0.2, 0) is 7.05 Å². The lowest BCUT2D eigenvalue weighted by molar-refractivity contribution is 0.393. The maximum atomic E-state index is 5.23. The highest BCUT2D eigenvalue weighted by atomic mass is 79.9. The van der Waals surface area contributed by atoms with E-state index in [1.165, 1.54) is 0 Å². The Kier molecular flexibility index (Phi) is 2.52. The summed E-state index contributed by atoms with van der Waals surface area (Å²) in [5.41, 5.74) is 3.87. The molecule has 0 bridgehead atoms. The molecule has 0 aliphatic carbocycles. The minimum Gasteiger partial charge on any atom is -0.361 e. The van der Waals surface area contributed by atoms with Gasteiger partial charge in [0.2, 0.25) is 0 Å². The zero-order valence-electron chi connectivity index (χ0n) is 10.4. The second kappa shape index (κ2) is 3.95. The third-order valence-corrected chi connectivity index (χ3v) is 3.58. The first-order chi connectivity index (χ1) is 8.58. The van der Waals surface area contributed by atoms with Crippen molar-refractivity contribution in [3.63, 3.8) is 0 Å². The summed E-state index contributed by atoms with van der Waals surface area (Å²) in [5, 5.41) is 9.68. The fourth-order valence-corrected chi connectivity index (χ4v) is 2.60. The molecule has 0 N–H and O–H groups in total. The Labute approximate surface area is 113 Å². The van der Waals surface area contributed by atoms with Crippen molar-refractivity contribution >= 4 is 26.8 Å². The van der Waals surface area contributed by atoms with Crippen LogP contribution in [0.5, 0.6) is 0 Å². The van der Waals surface area contributed by atoms with Crippen LogP contribution in [0, 0.1) is 13.8 Å². The van der Waals surface area contributed by atoms with Crippen LogP contribution in [0.1, 0.15) is 11.5 Å². The van der Waals surface area contributed by atoms with Gasteiger partial charge in [-0.05, 0) is 32.0 Å². The molecule has 3 aromatic rings. The Morgan fingerprint density at radius 1 is 1.28 bits per heavy atom. The number of rotatable bonds is 1. The van der Waals surface area contributed by atoms with E-state index in [1.807, 2.05) is 37.7 Å². The number of hydrogen-bond acceptors (Lipinski definition) is 3. The summed E-state index contributed by atoms with van der Waals surface area (Å²) in [6.07, 6.45) is 0. The van der Waals surface area contributed by atoms with E-state index in [9.17, 15) is 0 Å². The predicted octanol–water partition coefficient (Wildman–Crippen LogP) is 3.61. The third kappa shape index (κ3) is 1.58. The molecule has 1 aromatic carbocycles. The number of hydrogen-bond donors (Lipinski definition) is 0. The molecule has 0 spiro atoms. The van der Waals surface area contributed by atoms with Crippen molar-refractivity contribution in [1.82, 2.24) is 14.9 Å². The van der Waals surface area contributed by atoms with Crippen molar-refractivity contribution in [1.29, 1.82) is 0 Å². The molecule has 0 atom stereocenters. The van der Waals surface area contributed by atoms with E-state index in [1.54, 1.807) is 0 Å². The smallest absolute Gasteiger partial charge is 0.143 e. The normalized spacial score (nSPS) is 11.3. The standard InChI is InChI=1S/C13H12BrN3O/c1-7-12(8(2)18-16-7)13-10-6-9(14)4-5-11(10)17(3)15-13/h4-6H,1-3H3. The van der Waals surface area contributed by atoms with E-state index in [0.29, 0.717) is 0 Å². The van der Waals surface area contributed by atoms with Crippen molar-refractivity contribution in [2.45, 2.75) is 13.8 Å². The highest BCUT2D eigenvalue weighted by Gasteiger charge is 2.18. The maximum absolute atomic E-state index is 5.23. The molecule has 3 rings (SSSR count). The summed E-state index contributed by atoms with van der Waals surface area (Å²) in [6.45, 7) is 3.85. The molecule has 0 fully saturated rings. The van der Waals surface area contributed by atoms with Crippen LogP contribution in [0.3, 0.4) is 0 Å². The zero-order valence-corrected chi connectivity index (χ0v) is 11.9. The first kappa shape index (κ1) is 11.5. The molecule has 2 heterocycles. The van der Waals surface area contributed by atoms with Crippen molar-refractivity contribution in [3.8, 4) is 11.3 Å². The first-order valence-electron chi connectivity index (χ1n) is 5.63. The van der Waals surface area contributed by atoms with Gasteiger partial charge in [0.05, 0.1) is 16.8 Å². The Morgan fingerprint density at radius 2 is 2.06 bits per heavy atom. The molecule has 0 amide bonds. The van der Waals surface area contributed by atoms with Gasteiger partial charge in [-0.2, -0.15) is 5.10 Å². The van der Waals surface area contributed by atoms with Crippen LogP contribution in [0.25, 0.3) is 22.2 Å². The molecule has 2 aromatic heterocycles. The van der Waals surface area contributed by atoms with Crippen LogP contribution in [0.4, 0.5) is 0 Å². The lowest BCUT2D eigenvalue weighted by Gasteiger charge is -1.96. The summed E-state index contributed by atoms with van der Waals surface area (Å²) in [4.78, 5) is 0. The van der Waals surface area contributed by atoms with Gasteiger partial charge in [-0.3, -0.25) is 4.68 Å². The van der Waals surface area contributed by atoms with Crippen LogP contribution < -0.4 is 0 Å². The van der Waals surface area contributed by atoms with Crippen LogP contribution >= 0.6 is 15.9 Å². The number of fused-ring (bicyclic) bond motifs is 1. The topological polar surface area (TPSA) is 43.9 Å². The van der Waals surface area contributed by atoms with Gasteiger partial charge in [0, 0.05) is 16.9 Å². The molecule has 0 aliphatic heterocycles. The van der Waals surface area contributed by atoms with Gasteiger partial charge in [-0.25, -0.2) is 0 Å². The molecule has 18 heavy (non-hydrogen) atoms. The quantitative estimate of drug-likeness (QED) is 0.690. The van der Waals surface area contributed by atoms with E-state index in [0.717, 1.165) is 38.1 Å². The number of aryl methyl sites for hydroxylation is 3. The SMILES string of the molecule is Cc1noc(C)c1-c1nn(C)c2ccc(Br)cc12. The lowest BCUT2D eigenvalue weighted by Crippen LogP contribution is -1.90. The largest absolute Gasteiger partial charge is 0.361 e. The van der Waals surface area contributed by atoms with Gasteiger partial charge in [-0.1, -0.05) is 21.1 Å². The maximum Gasteiger partial charge on any atom is 0.143 e. The van der Waals surface area contributed by atoms with Crippen LogP contribution in [0.15, 0.2) is 27.2 Å². The van der Waals surface area contributed by atoms with Gasteiger partial charge in [0.15, 0.2) is 0 Å². The Balaban J connectivity index is 2.40. The molecule has 0 aliphatic rings. The highest BCUT2D eigenvalue weighted by Crippen LogP contribution is 2.33. The van der Waals surface area contributed by atoms with Crippen molar-refractivity contribution in [2.24, 2.45) is 7.05 Å². The van der Waals surface area contributed by atoms with E-state index >= 15 is 0 Å². The van der Waals surface area contributed by atoms with Crippen LogP contribution in [-0.4, -0.2) is 14.9 Å². The Bertz CT molecular complexity index is 723. The van der Waals surface area contributed by atoms with Crippen molar-refractivity contribution in [2.75, 3.05) is 0 Å². The fourth-order valence-electron chi connectivity index (χ4n) is 2.24. The number of benzene rings is 1. The Hall–Kier alpha value is -1.62. The molecule has 0 saturated carbocycles. The molecule has 0 saturated heterocycles. The molecule has 0 radical (unpaired) electrons. The summed E-state index contributed by atoms with van der Waals surface area (Å²) >= 11 is 3.50. The molecular formula is C13H12BrN3O. The zero-order chi connectivity index (χ0) is 12.9.